The fraction of sp³-hybridized carbons (Fsp3) is 0.278. The predicted molar refractivity (Wildman–Crippen MR) is 96.8 cm³/mol. The molecule has 132 valence electrons. The number of fused-ring (bicyclic) bond motifs is 1. The second-order valence-corrected chi connectivity index (χ2v) is 7.91. The van der Waals surface area contributed by atoms with Gasteiger partial charge in [-0.15, -0.1) is 0 Å². The number of benzene rings is 2. The molecule has 1 aliphatic rings. The first-order valence-electron chi connectivity index (χ1n) is 7.86. The molecule has 0 aliphatic carbocycles. The monoisotopic (exact) mass is 360 g/mol. The largest absolute Gasteiger partial charge is 0.465 e. The third kappa shape index (κ3) is 3.07. The molecule has 0 aromatic heterocycles. The molecule has 0 radical (unpaired) electrons. The van der Waals surface area contributed by atoms with Crippen molar-refractivity contribution in [1.29, 1.82) is 0 Å². The number of carbonyl (C=O) groups is 1. The van der Waals surface area contributed by atoms with E-state index in [1.165, 1.54) is 11.4 Å². The lowest BCUT2D eigenvalue weighted by atomic mass is 10.1. The van der Waals surface area contributed by atoms with Gasteiger partial charge in [-0.05, 0) is 54.4 Å². The van der Waals surface area contributed by atoms with E-state index in [9.17, 15) is 13.2 Å². The van der Waals surface area contributed by atoms with Crippen molar-refractivity contribution in [3.8, 4) is 0 Å². The van der Waals surface area contributed by atoms with Gasteiger partial charge in [-0.3, -0.25) is 4.31 Å². The van der Waals surface area contributed by atoms with Crippen LogP contribution >= 0.6 is 0 Å². The topological polar surface area (TPSA) is 66.9 Å². The molecule has 0 bridgehead atoms. The van der Waals surface area contributed by atoms with E-state index in [2.05, 4.69) is 0 Å². The number of methoxy groups -OCH3 is 1. The zero-order valence-electron chi connectivity index (χ0n) is 14.4. The first kappa shape index (κ1) is 17.3. The van der Waals surface area contributed by atoms with E-state index in [4.69, 9.17) is 4.74 Å². The van der Waals surface area contributed by atoms with Gasteiger partial charge < -0.3 is 9.64 Å². The quantitative estimate of drug-likeness (QED) is 0.783. The van der Waals surface area contributed by atoms with Crippen LogP contribution in [0.15, 0.2) is 47.4 Å². The molecular formula is C18H20N2O4S. The lowest BCUT2D eigenvalue weighted by Gasteiger charge is -2.20. The molecule has 0 atom stereocenters. The Labute approximate surface area is 147 Å². The summed E-state index contributed by atoms with van der Waals surface area (Å²) in [6, 6.07) is 11.8. The molecule has 0 spiro atoms. The first-order chi connectivity index (χ1) is 11.8. The van der Waals surface area contributed by atoms with Crippen LogP contribution in [0.25, 0.3) is 0 Å². The van der Waals surface area contributed by atoms with E-state index in [-0.39, 0.29) is 4.90 Å². The Morgan fingerprint density at radius 1 is 1.12 bits per heavy atom. The molecular weight excluding hydrogens is 340 g/mol. The number of sulfonamides is 1. The predicted octanol–water partition coefficient (Wildman–Crippen LogP) is 2.29. The molecule has 0 N–H and O–H groups in total. The summed E-state index contributed by atoms with van der Waals surface area (Å²) in [5, 5.41) is 0. The van der Waals surface area contributed by atoms with E-state index >= 15 is 0 Å². The van der Waals surface area contributed by atoms with E-state index < -0.39 is 16.0 Å². The van der Waals surface area contributed by atoms with Crippen molar-refractivity contribution in [2.45, 2.75) is 11.3 Å². The van der Waals surface area contributed by atoms with Crippen molar-refractivity contribution in [3.05, 3.63) is 53.6 Å². The van der Waals surface area contributed by atoms with E-state index in [0.717, 1.165) is 11.3 Å². The Balaban J connectivity index is 1.94. The van der Waals surface area contributed by atoms with Crippen LogP contribution in [0, 0.1) is 0 Å². The molecule has 6 nitrogen and oxygen atoms in total. The Kier molecular flexibility index (Phi) is 4.43. The van der Waals surface area contributed by atoms with Crippen LogP contribution in [0.2, 0.25) is 0 Å². The van der Waals surface area contributed by atoms with Gasteiger partial charge in [-0.1, -0.05) is 0 Å². The van der Waals surface area contributed by atoms with Gasteiger partial charge in [-0.25, -0.2) is 13.2 Å². The number of hydrogen-bond donors (Lipinski definition) is 0. The molecule has 3 rings (SSSR count). The highest BCUT2D eigenvalue weighted by atomic mass is 32.2. The van der Waals surface area contributed by atoms with Crippen LogP contribution in [0.3, 0.4) is 0 Å². The van der Waals surface area contributed by atoms with Gasteiger partial charge >= 0.3 is 5.97 Å². The van der Waals surface area contributed by atoms with Crippen molar-refractivity contribution in [2.24, 2.45) is 0 Å². The SMILES string of the molecule is COC(=O)c1ccc2c(c1)CCN2S(=O)(=O)c1ccc(N(C)C)cc1. The fourth-order valence-corrected chi connectivity index (χ4v) is 4.41. The van der Waals surface area contributed by atoms with Crippen LogP contribution in [0.5, 0.6) is 0 Å². The summed E-state index contributed by atoms with van der Waals surface area (Å²) in [5.74, 6) is -0.427. The fourth-order valence-electron chi connectivity index (χ4n) is 2.91. The zero-order valence-corrected chi connectivity index (χ0v) is 15.2. The van der Waals surface area contributed by atoms with E-state index in [0.29, 0.717) is 24.2 Å². The van der Waals surface area contributed by atoms with Crippen LogP contribution in [0.1, 0.15) is 15.9 Å². The highest BCUT2D eigenvalue weighted by Crippen LogP contribution is 2.34. The summed E-state index contributed by atoms with van der Waals surface area (Å²) in [5.41, 5.74) is 2.81. The third-order valence-electron chi connectivity index (χ3n) is 4.29. The minimum Gasteiger partial charge on any atom is -0.465 e. The van der Waals surface area contributed by atoms with Crippen molar-refractivity contribution >= 4 is 27.4 Å². The lowest BCUT2D eigenvalue weighted by molar-refractivity contribution is 0.0600. The van der Waals surface area contributed by atoms with Crippen LogP contribution in [-0.4, -0.2) is 42.1 Å². The summed E-state index contributed by atoms with van der Waals surface area (Å²) >= 11 is 0. The Hall–Kier alpha value is -2.54. The van der Waals surface area contributed by atoms with E-state index in [1.54, 1.807) is 42.5 Å². The average Bonchev–Trinajstić information content (AvgIpc) is 3.05. The maximum Gasteiger partial charge on any atom is 0.337 e. The molecule has 0 saturated heterocycles. The summed E-state index contributed by atoms with van der Waals surface area (Å²) in [6.45, 7) is 0.359. The van der Waals surface area contributed by atoms with Crippen molar-refractivity contribution in [3.63, 3.8) is 0 Å². The summed E-state index contributed by atoms with van der Waals surface area (Å²) in [4.78, 5) is 13.8. The Morgan fingerprint density at radius 2 is 1.80 bits per heavy atom. The normalized spacial score (nSPS) is 13.5. The molecule has 0 unspecified atom stereocenters. The van der Waals surface area contributed by atoms with Gasteiger partial charge in [0.15, 0.2) is 0 Å². The van der Waals surface area contributed by atoms with Crippen LogP contribution < -0.4 is 9.21 Å². The molecule has 0 amide bonds. The van der Waals surface area contributed by atoms with Gasteiger partial charge in [0, 0.05) is 26.3 Å². The van der Waals surface area contributed by atoms with Gasteiger partial charge in [0.05, 0.1) is 23.3 Å². The standard InChI is InChI=1S/C18H20N2O4S/c1-19(2)15-5-7-16(8-6-15)25(22,23)20-11-10-13-12-14(18(21)24-3)4-9-17(13)20/h4-9,12H,10-11H2,1-3H3. The summed E-state index contributed by atoms with van der Waals surface area (Å²) in [7, 11) is 1.49. The molecule has 2 aromatic rings. The van der Waals surface area contributed by atoms with Gasteiger partial charge in [0.25, 0.3) is 10.0 Å². The number of esters is 1. The Bertz CT molecular complexity index is 905. The highest BCUT2D eigenvalue weighted by Gasteiger charge is 2.31. The third-order valence-corrected chi connectivity index (χ3v) is 6.12. The number of anilines is 2. The molecule has 1 aliphatic heterocycles. The smallest absolute Gasteiger partial charge is 0.337 e. The number of rotatable bonds is 4. The number of ether oxygens (including phenoxy) is 1. The molecule has 1 heterocycles. The van der Waals surface area contributed by atoms with Crippen molar-refractivity contribution in [1.82, 2.24) is 0 Å². The van der Waals surface area contributed by atoms with Gasteiger partial charge in [0.1, 0.15) is 0 Å². The number of nitrogens with zero attached hydrogens (tertiary/aromatic N) is 2. The second kappa shape index (κ2) is 6.40. The summed E-state index contributed by atoms with van der Waals surface area (Å²) < 4.78 is 32.1. The maximum absolute atomic E-state index is 13.0. The number of carbonyl (C=O) groups excluding carboxylic acids is 1. The molecule has 7 heteroatoms. The first-order valence-corrected chi connectivity index (χ1v) is 9.30. The van der Waals surface area contributed by atoms with E-state index in [1.807, 2.05) is 19.0 Å². The zero-order chi connectivity index (χ0) is 18.2. The highest BCUT2D eigenvalue weighted by molar-refractivity contribution is 7.92. The second-order valence-electron chi connectivity index (χ2n) is 6.05. The van der Waals surface area contributed by atoms with Gasteiger partial charge in [0.2, 0.25) is 0 Å². The minimum absolute atomic E-state index is 0.253. The molecule has 25 heavy (non-hydrogen) atoms. The molecule has 2 aromatic carbocycles. The lowest BCUT2D eigenvalue weighted by Crippen LogP contribution is -2.29. The molecule has 0 fully saturated rings. The Morgan fingerprint density at radius 3 is 2.40 bits per heavy atom. The van der Waals surface area contributed by atoms with Crippen molar-refractivity contribution in [2.75, 3.05) is 37.0 Å². The van der Waals surface area contributed by atoms with Crippen LogP contribution in [0.4, 0.5) is 11.4 Å². The van der Waals surface area contributed by atoms with Crippen LogP contribution in [-0.2, 0) is 21.2 Å². The minimum atomic E-state index is -3.63. The van der Waals surface area contributed by atoms with Crippen molar-refractivity contribution < 1.29 is 17.9 Å². The number of hydrogen-bond acceptors (Lipinski definition) is 5. The maximum atomic E-state index is 13.0. The molecule has 0 saturated carbocycles. The average molecular weight is 360 g/mol. The summed E-state index contributed by atoms with van der Waals surface area (Å²) in [6.07, 6.45) is 0.565. The van der Waals surface area contributed by atoms with Gasteiger partial charge in [-0.2, -0.15) is 0 Å².